The number of hydrogen-bond donors (Lipinski definition) is 2. The second kappa shape index (κ2) is 6.46. The zero-order valence-electron chi connectivity index (χ0n) is 12.5. The Morgan fingerprint density at radius 2 is 2.27 bits per heavy atom. The number of rotatable bonds is 6. The first-order chi connectivity index (χ1) is 10.8. The van der Waals surface area contributed by atoms with Gasteiger partial charge in [-0.05, 0) is 11.6 Å². The van der Waals surface area contributed by atoms with E-state index in [2.05, 4.69) is 20.8 Å². The van der Waals surface area contributed by atoms with Crippen LogP contribution in [0.5, 0.6) is 0 Å². The molecule has 0 saturated carbocycles. The molecule has 1 aliphatic rings. The van der Waals surface area contributed by atoms with Gasteiger partial charge in [-0.1, -0.05) is 30.3 Å². The maximum absolute atomic E-state index is 11.7. The summed E-state index contributed by atoms with van der Waals surface area (Å²) in [6.07, 6.45) is 0.730. The minimum atomic E-state index is -0.0134. The van der Waals surface area contributed by atoms with Crippen molar-refractivity contribution in [2.45, 2.75) is 26.4 Å². The maximum atomic E-state index is 11.7. The van der Waals surface area contributed by atoms with E-state index in [-0.39, 0.29) is 6.03 Å². The Kier molecular flexibility index (Phi) is 4.22. The van der Waals surface area contributed by atoms with Gasteiger partial charge in [0.2, 0.25) is 5.89 Å². The van der Waals surface area contributed by atoms with Crippen molar-refractivity contribution in [3.05, 3.63) is 41.5 Å². The van der Waals surface area contributed by atoms with Gasteiger partial charge in [0.1, 0.15) is 0 Å². The zero-order chi connectivity index (χ0) is 15.4. The molecule has 22 heavy (non-hydrogen) atoms. The predicted octanol–water partition coefficient (Wildman–Crippen LogP) is 1.77. The highest BCUT2D eigenvalue weighted by atomic mass is 16.5. The van der Waals surface area contributed by atoms with E-state index >= 15 is 0 Å². The summed E-state index contributed by atoms with van der Waals surface area (Å²) in [5, 5.41) is 10.0. The molecule has 0 unspecified atom stereocenters. The number of carbonyl (C=O) groups excluding carboxylic acids is 1. The molecule has 0 spiro atoms. The number of urea groups is 1. The molecular weight excluding hydrogens is 282 g/mol. The standard InChI is InChI=1S/C15H19N5O2/c1-2-14-18-13(19-22-14)9-17-12-6-4-3-5-11(12)10-20-8-7-16-15(20)21/h3-6,17H,2,7-10H2,1H3,(H,16,21). The van der Waals surface area contributed by atoms with Crippen LogP contribution >= 0.6 is 0 Å². The molecule has 2 aromatic rings. The van der Waals surface area contributed by atoms with Crippen molar-refractivity contribution in [2.24, 2.45) is 0 Å². The topological polar surface area (TPSA) is 83.3 Å². The molecule has 7 heteroatoms. The Bertz CT molecular complexity index is 655. The first kappa shape index (κ1) is 14.4. The van der Waals surface area contributed by atoms with Crippen molar-refractivity contribution >= 4 is 11.7 Å². The van der Waals surface area contributed by atoms with Gasteiger partial charge in [0, 0.05) is 31.7 Å². The maximum Gasteiger partial charge on any atom is 0.317 e. The number of amides is 2. The van der Waals surface area contributed by atoms with Crippen LogP contribution in [0.4, 0.5) is 10.5 Å². The molecule has 2 heterocycles. The molecule has 0 aliphatic carbocycles. The van der Waals surface area contributed by atoms with Crippen molar-refractivity contribution in [1.29, 1.82) is 0 Å². The summed E-state index contributed by atoms with van der Waals surface area (Å²) < 4.78 is 5.09. The molecule has 116 valence electrons. The number of aromatic nitrogens is 2. The molecule has 1 fully saturated rings. The van der Waals surface area contributed by atoms with E-state index in [1.165, 1.54) is 0 Å². The average molecular weight is 301 g/mol. The van der Waals surface area contributed by atoms with Crippen LogP contribution in [0, 0.1) is 0 Å². The van der Waals surface area contributed by atoms with Crippen molar-refractivity contribution in [3.8, 4) is 0 Å². The summed E-state index contributed by atoms with van der Waals surface area (Å²) in [7, 11) is 0. The van der Waals surface area contributed by atoms with Gasteiger partial charge in [-0.15, -0.1) is 0 Å². The summed E-state index contributed by atoms with van der Waals surface area (Å²) in [6.45, 7) is 4.49. The molecule has 1 aromatic heterocycles. The summed E-state index contributed by atoms with van der Waals surface area (Å²) >= 11 is 0. The molecule has 2 amide bonds. The normalized spacial score (nSPS) is 14.2. The monoisotopic (exact) mass is 301 g/mol. The fraction of sp³-hybridized carbons (Fsp3) is 0.400. The van der Waals surface area contributed by atoms with Gasteiger partial charge in [-0.2, -0.15) is 4.98 Å². The fourth-order valence-corrected chi connectivity index (χ4v) is 2.38. The summed E-state index contributed by atoms with van der Waals surface area (Å²) in [6, 6.07) is 7.92. The number of nitrogens with zero attached hydrogens (tertiary/aromatic N) is 3. The number of nitrogens with one attached hydrogen (secondary N) is 2. The zero-order valence-corrected chi connectivity index (χ0v) is 12.5. The Balaban J connectivity index is 1.66. The van der Waals surface area contributed by atoms with Crippen LogP contribution in [0.1, 0.15) is 24.2 Å². The molecule has 1 saturated heterocycles. The average Bonchev–Trinajstić information content (AvgIpc) is 3.16. The third-order valence-electron chi connectivity index (χ3n) is 3.57. The van der Waals surface area contributed by atoms with Crippen molar-refractivity contribution in [1.82, 2.24) is 20.4 Å². The van der Waals surface area contributed by atoms with E-state index in [0.29, 0.717) is 31.3 Å². The van der Waals surface area contributed by atoms with Crippen LogP contribution in [0.25, 0.3) is 0 Å². The van der Waals surface area contributed by atoms with Crippen LogP contribution in [0.3, 0.4) is 0 Å². The smallest absolute Gasteiger partial charge is 0.317 e. The number of benzene rings is 1. The molecule has 0 bridgehead atoms. The Morgan fingerprint density at radius 3 is 3.00 bits per heavy atom. The molecule has 3 rings (SSSR count). The van der Waals surface area contributed by atoms with Crippen LogP contribution in [-0.2, 0) is 19.5 Å². The first-order valence-corrected chi connectivity index (χ1v) is 7.42. The highest BCUT2D eigenvalue weighted by molar-refractivity contribution is 5.76. The largest absolute Gasteiger partial charge is 0.377 e. The van der Waals surface area contributed by atoms with Gasteiger partial charge in [0.25, 0.3) is 0 Å². The third kappa shape index (κ3) is 3.19. The van der Waals surface area contributed by atoms with E-state index in [1.807, 2.05) is 31.2 Å². The van der Waals surface area contributed by atoms with Gasteiger partial charge in [-0.25, -0.2) is 4.79 Å². The summed E-state index contributed by atoms with van der Waals surface area (Å²) in [5.41, 5.74) is 2.05. The number of aryl methyl sites for hydroxylation is 1. The van der Waals surface area contributed by atoms with E-state index in [9.17, 15) is 4.79 Å². The highest BCUT2D eigenvalue weighted by Gasteiger charge is 2.20. The van der Waals surface area contributed by atoms with Gasteiger partial charge in [0.15, 0.2) is 5.82 Å². The van der Waals surface area contributed by atoms with Crippen molar-refractivity contribution in [2.75, 3.05) is 18.4 Å². The van der Waals surface area contributed by atoms with E-state index < -0.39 is 0 Å². The van der Waals surface area contributed by atoms with Crippen molar-refractivity contribution in [3.63, 3.8) is 0 Å². The minimum Gasteiger partial charge on any atom is -0.377 e. The first-order valence-electron chi connectivity index (χ1n) is 7.42. The lowest BCUT2D eigenvalue weighted by Gasteiger charge is -2.17. The highest BCUT2D eigenvalue weighted by Crippen LogP contribution is 2.18. The minimum absolute atomic E-state index is 0.0134. The van der Waals surface area contributed by atoms with Crippen LogP contribution in [-0.4, -0.2) is 34.2 Å². The van der Waals surface area contributed by atoms with E-state index in [4.69, 9.17) is 4.52 Å². The third-order valence-corrected chi connectivity index (χ3v) is 3.57. The Labute approximate surface area is 128 Å². The van der Waals surface area contributed by atoms with Gasteiger partial charge < -0.3 is 20.1 Å². The van der Waals surface area contributed by atoms with Crippen LogP contribution in [0.2, 0.25) is 0 Å². The molecule has 1 aliphatic heterocycles. The molecule has 0 radical (unpaired) electrons. The number of hydrogen-bond acceptors (Lipinski definition) is 5. The second-order valence-electron chi connectivity index (χ2n) is 5.12. The molecule has 7 nitrogen and oxygen atoms in total. The van der Waals surface area contributed by atoms with Gasteiger partial charge >= 0.3 is 6.03 Å². The summed E-state index contributed by atoms with van der Waals surface area (Å²) in [5.74, 6) is 1.27. The second-order valence-corrected chi connectivity index (χ2v) is 5.12. The molecule has 2 N–H and O–H groups in total. The quantitative estimate of drug-likeness (QED) is 0.849. The lowest BCUT2D eigenvalue weighted by atomic mass is 10.1. The van der Waals surface area contributed by atoms with Gasteiger partial charge in [0.05, 0.1) is 6.54 Å². The van der Waals surface area contributed by atoms with Crippen LogP contribution < -0.4 is 10.6 Å². The molecular formula is C15H19N5O2. The van der Waals surface area contributed by atoms with Gasteiger partial charge in [-0.3, -0.25) is 0 Å². The number of para-hydroxylation sites is 1. The summed E-state index contributed by atoms with van der Waals surface area (Å²) in [4.78, 5) is 17.7. The van der Waals surface area contributed by atoms with E-state index in [1.54, 1.807) is 4.90 Å². The SMILES string of the molecule is CCc1nc(CNc2ccccc2CN2CCNC2=O)no1. The molecule has 1 aromatic carbocycles. The number of anilines is 1. The fourth-order valence-electron chi connectivity index (χ4n) is 2.38. The predicted molar refractivity (Wildman–Crippen MR) is 81.3 cm³/mol. The van der Waals surface area contributed by atoms with Crippen molar-refractivity contribution < 1.29 is 9.32 Å². The number of carbonyl (C=O) groups is 1. The Morgan fingerprint density at radius 1 is 1.41 bits per heavy atom. The lowest BCUT2D eigenvalue weighted by Crippen LogP contribution is -2.27. The lowest BCUT2D eigenvalue weighted by molar-refractivity contribution is 0.215. The van der Waals surface area contributed by atoms with Crippen LogP contribution in [0.15, 0.2) is 28.8 Å². The Hall–Kier alpha value is -2.57. The van der Waals surface area contributed by atoms with E-state index in [0.717, 1.165) is 24.2 Å². The molecule has 0 atom stereocenters.